The van der Waals surface area contributed by atoms with E-state index in [4.69, 9.17) is 9.47 Å². The van der Waals surface area contributed by atoms with Gasteiger partial charge in [-0.1, -0.05) is 12.1 Å². The van der Waals surface area contributed by atoms with Crippen LogP contribution < -0.4 is 4.74 Å². The van der Waals surface area contributed by atoms with Crippen LogP contribution in [0.3, 0.4) is 0 Å². The number of carbonyl (C=O) groups excluding carboxylic acids is 1. The molecule has 2 heterocycles. The van der Waals surface area contributed by atoms with Crippen LogP contribution in [-0.4, -0.2) is 58.4 Å². The first kappa shape index (κ1) is 16.4. The van der Waals surface area contributed by atoms with Crippen LogP contribution in [0.5, 0.6) is 5.75 Å². The molecule has 1 fully saturated rings. The van der Waals surface area contributed by atoms with Crippen LogP contribution in [0.4, 0.5) is 0 Å². The van der Waals surface area contributed by atoms with Gasteiger partial charge < -0.3 is 14.4 Å². The van der Waals surface area contributed by atoms with E-state index in [9.17, 15) is 4.79 Å². The summed E-state index contributed by atoms with van der Waals surface area (Å²) in [7, 11) is 3.32. The average Bonchev–Trinajstić information content (AvgIpc) is 3.13. The number of benzene rings is 1. The normalized spacial score (nSPS) is 20.1. The third-order valence-corrected chi connectivity index (χ3v) is 4.28. The van der Waals surface area contributed by atoms with Gasteiger partial charge in [-0.05, 0) is 41.0 Å². The fraction of sp³-hybridized carbons (Fsp3) is 0.500. The van der Waals surface area contributed by atoms with Gasteiger partial charge in [-0.15, -0.1) is 5.10 Å². The van der Waals surface area contributed by atoms with Crippen molar-refractivity contribution in [1.82, 2.24) is 25.1 Å². The summed E-state index contributed by atoms with van der Waals surface area (Å²) in [5, 5.41) is 11.2. The molecular weight excluding hydrogens is 310 g/mol. The Bertz CT molecular complexity index is 659. The number of hydrogen-bond acceptors (Lipinski definition) is 6. The van der Waals surface area contributed by atoms with Gasteiger partial charge in [0.2, 0.25) is 0 Å². The van der Waals surface area contributed by atoms with Gasteiger partial charge in [0.15, 0.2) is 6.04 Å². The Balaban J connectivity index is 1.78. The number of carbonyl (C=O) groups is 1. The molecule has 1 saturated heterocycles. The number of hydrogen-bond donors (Lipinski definition) is 0. The van der Waals surface area contributed by atoms with Crippen molar-refractivity contribution in [2.75, 3.05) is 27.4 Å². The Kier molecular flexibility index (Phi) is 5.05. The third-order valence-electron chi connectivity index (χ3n) is 4.28. The van der Waals surface area contributed by atoms with Crippen molar-refractivity contribution in [3.8, 4) is 5.75 Å². The molecule has 2 atom stereocenters. The smallest absolute Gasteiger partial charge is 0.250 e. The molecule has 3 rings (SSSR count). The first-order valence-corrected chi connectivity index (χ1v) is 7.92. The first-order valence-electron chi connectivity index (χ1n) is 7.92. The van der Waals surface area contributed by atoms with E-state index in [1.807, 2.05) is 29.2 Å². The number of ether oxygens (including phenoxy) is 2. The highest BCUT2D eigenvalue weighted by Gasteiger charge is 2.49. The second-order valence-electron chi connectivity index (χ2n) is 5.68. The quantitative estimate of drug-likeness (QED) is 0.534. The maximum atomic E-state index is 12.6. The molecule has 2 aromatic rings. The van der Waals surface area contributed by atoms with Gasteiger partial charge in [-0.2, -0.15) is 0 Å². The number of amides is 1. The number of tetrazole rings is 1. The molecule has 0 bridgehead atoms. The summed E-state index contributed by atoms with van der Waals surface area (Å²) >= 11 is 0. The molecule has 128 valence electrons. The van der Waals surface area contributed by atoms with Crippen LogP contribution in [0, 0.1) is 0 Å². The highest BCUT2D eigenvalue weighted by atomic mass is 16.5. The molecule has 24 heavy (non-hydrogen) atoms. The molecule has 0 aliphatic carbocycles. The molecule has 0 unspecified atom stereocenters. The highest BCUT2D eigenvalue weighted by molar-refractivity contribution is 5.88. The van der Waals surface area contributed by atoms with E-state index >= 15 is 0 Å². The lowest BCUT2D eigenvalue weighted by atomic mass is 9.88. The zero-order chi connectivity index (χ0) is 16.9. The molecule has 1 aliphatic rings. The van der Waals surface area contributed by atoms with Crippen molar-refractivity contribution in [3.63, 3.8) is 0 Å². The van der Waals surface area contributed by atoms with Crippen LogP contribution in [0.2, 0.25) is 0 Å². The molecule has 1 amide bonds. The van der Waals surface area contributed by atoms with Crippen molar-refractivity contribution in [1.29, 1.82) is 0 Å². The summed E-state index contributed by atoms with van der Waals surface area (Å²) < 4.78 is 11.8. The fourth-order valence-corrected chi connectivity index (χ4v) is 3.03. The Morgan fingerprint density at radius 3 is 2.54 bits per heavy atom. The van der Waals surface area contributed by atoms with Crippen molar-refractivity contribution in [3.05, 3.63) is 36.2 Å². The number of aromatic nitrogens is 4. The van der Waals surface area contributed by atoms with E-state index in [2.05, 4.69) is 15.5 Å². The molecule has 0 radical (unpaired) electrons. The fourth-order valence-electron chi connectivity index (χ4n) is 3.03. The zero-order valence-electron chi connectivity index (χ0n) is 13.8. The van der Waals surface area contributed by atoms with E-state index in [1.165, 1.54) is 11.0 Å². The lowest BCUT2D eigenvalue weighted by Gasteiger charge is -2.47. The third kappa shape index (κ3) is 3.09. The van der Waals surface area contributed by atoms with Gasteiger partial charge >= 0.3 is 0 Å². The number of β-lactam (4-membered cyclic amide) rings is 1. The van der Waals surface area contributed by atoms with E-state index in [0.717, 1.165) is 24.2 Å². The van der Waals surface area contributed by atoms with E-state index in [1.54, 1.807) is 14.2 Å². The molecule has 1 aliphatic heterocycles. The summed E-state index contributed by atoms with van der Waals surface area (Å²) in [5.41, 5.74) is 1.04. The van der Waals surface area contributed by atoms with Gasteiger partial charge in [-0.3, -0.25) is 4.79 Å². The largest absolute Gasteiger partial charge is 0.497 e. The van der Waals surface area contributed by atoms with Crippen LogP contribution in [0.25, 0.3) is 0 Å². The molecule has 1 aromatic carbocycles. The Hall–Kier alpha value is -2.48. The maximum absolute atomic E-state index is 12.6. The van der Waals surface area contributed by atoms with Gasteiger partial charge in [0.05, 0.1) is 13.2 Å². The lowest BCUT2D eigenvalue weighted by Crippen LogP contribution is -2.55. The van der Waals surface area contributed by atoms with Crippen molar-refractivity contribution < 1.29 is 14.3 Å². The molecule has 8 heteroatoms. The molecule has 0 N–H and O–H groups in total. The van der Waals surface area contributed by atoms with Gasteiger partial charge in [0.1, 0.15) is 12.1 Å². The second-order valence-corrected chi connectivity index (χ2v) is 5.68. The predicted molar refractivity (Wildman–Crippen MR) is 85.4 cm³/mol. The van der Waals surface area contributed by atoms with Crippen molar-refractivity contribution >= 4 is 5.91 Å². The lowest BCUT2D eigenvalue weighted by molar-refractivity contribution is -0.156. The minimum atomic E-state index is -0.393. The summed E-state index contributed by atoms with van der Waals surface area (Å²) in [5.74, 6) is 0.829. The van der Waals surface area contributed by atoms with E-state index in [-0.39, 0.29) is 11.9 Å². The number of rotatable bonds is 8. The summed E-state index contributed by atoms with van der Waals surface area (Å²) in [4.78, 5) is 14.5. The zero-order valence-corrected chi connectivity index (χ0v) is 13.8. The van der Waals surface area contributed by atoms with E-state index in [0.29, 0.717) is 13.2 Å². The number of nitrogens with zero attached hydrogens (tertiary/aromatic N) is 5. The van der Waals surface area contributed by atoms with Crippen LogP contribution in [0.15, 0.2) is 30.6 Å². The summed E-state index contributed by atoms with van der Waals surface area (Å²) in [6, 6.07) is 7.30. The van der Waals surface area contributed by atoms with Gasteiger partial charge in [0, 0.05) is 20.3 Å². The average molecular weight is 331 g/mol. The van der Waals surface area contributed by atoms with E-state index < -0.39 is 6.04 Å². The number of unbranched alkanes of at least 4 members (excludes halogenated alkanes) is 1. The molecule has 1 aromatic heterocycles. The minimum Gasteiger partial charge on any atom is -0.497 e. The highest BCUT2D eigenvalue weighted by Crippen LogP contribution is 2.43. The monoisotopic (exact) mass is 331 g/mol. The molecular formula is C16H21N5O3. The topological polar surface area (TPSA) is 82.4 Å². The predicted octanol–water partition coefficient (Wildman–Crippen LogP) is 1.23. The van der Waals surface area contributed by atoms with Crippen LogP contribution in [-0.2, 0) is 9.53 Å². The summed E-state index contributed by atoms with van der Waals surface area (Å²) in [6.45, 7) is 1.39. The van der Waals surface area contributed by atoms with Crippen LogP contribution in [0.1, 0.15) is 30.5 Å². The summed E-state index contributed by atoms with van der Waals surface area (Å²) in [6.07, 6.45) is 3.31. The van der Waals surface area contributed by atoms with Crippen molar-refractivity contribution in [2.45, 2.75) is 24.9 Å². The number of methoxy groups -OCH3 is 2. The first-order chi connectivity index (χ1) is 11.8. The Labute approximate surface area is 140 Å². The second kappa shape index (κ2) is 7.39. The molecule has 0 spiro atoms. The van der Waals surface area contributed by atoms with Crippen molar-refractivity contribution in [2.24, 2.45) is 0 Å². The maximum Gasteiger partial charge on any atom is 0.250 e. The minimum absolute atomic E-state index is 0.0422. The van der Waals surface area contributed by atoms with Crippen LogP contribution >= 0.6 is 0 Å². The van der Waals surface area contributed by atoms with Gasteiger partial charge in [-0.25, -0.2) is 4.68 Å². The Morgan fingerprint density at radius 2 is 1.92 bits per heavy atom. The molecule has 8 nitrogen and oxygen atoms in total. The Morgan fingerprint density at radius 1 is 1.12 bits per heavy atom. The molecule has 0 saturated carbocycles. The SMILES string of the molecule is COCCCCN1C(=O)[C@@H](n2cnnn2)[C@@H]1c1ccc(OC)cc1. The van der Waals surface area contributed by atoms with Gasteiger partial charge in [0.25, 0.3) is 5.91 Å². The standard InChI is InChI=1S/C16H21N5O3/c1-23-10-4-3-9-20-14(12-5-7-13(24-2)8-6-12)15(16(20)22)21-11-17-18-19-21/h5-8,11,14-15H,3-4,9-10H2,1-2H3/t14-,15-/m0/s1. The number of likely N-dealkylation sites (tertiary alicyclic amines) is 1.